The summed E-state index contributed by atoms with van der Waals surface area (Å²) in [5.74, 6) is -5.59. The van der Waals surface area contributed by atoms with Gasteiger partial charge in [0.05, 0.1) is 12.6 Å². The Labute approximate surface area is 201 Å². The first-order valence-corrected chi connectivity index (χ1v) is 10.9. The van der Waals surface area contributed by atoms with Crippen molar-refractivity contribution in [1.82, 2.24) is 16.0 Å². The second-order valence-electron chi connectivity index (χ2n) is 8.28. The number of hydrogen-bond acceptors (Lipinski definition) is 8. The molecule has 13 heteroatoms. The van der Waals surface area contributed by atoms with E-state index in [1.807, 2.05) is 0 Å². The molecule has 0 aromatic heterocycles. The first-order chi connectivity index (χ1) is 16.3. The van der Waals surface area contributed by atoms with Crippen LogP contribution in [0.4, 0.5) is 0 Å². The van der Waals surface area contributed by atoms with Crippen molar-refractivity contribution in [2.24, 2.45) is 11.7 Å². The van der Waals surface area contributed by atoms with E-state index in [4.69, 9.17) is 10.8 Å². The number of benzene rings is 1. The highest BCUT2D eigenvalue weighted by Crippen LogP contribution is 2.11. The lowest BCUT2D eigenvalue weighted by atomic mass is 10.0. The Morgan fingerprint density at radius 2 is 1.46 bits per heavy atom. The summed E-state index contributed by atoms with van der Waals surface area (Å²) in [5, 5.41) is 43.6. The van der Waals surface area contributed by atoms with Gasteiger partial charge in [0.15, 0.2) is 0 Å². The van der Waals surface area contributed by atoms with Gasteiger partial charge in [0.25, 0.3) is 0 Å². The monoisotopic (exact) mass is 496 g/mol. The molecule has 1 aromatic carbocycles. The minimum Gasteiger partial charge on any atom is -0.508 e. The van der Waals surface area contributed by atoms with E-state index in [2.05, 4.69) is 16.0 Å². The Kier molecular flexibility index (Phi) is 11.6. The van der Waals surface area contributed by atoms with Crippen LogP contribution in [-0.4, -0.2) is 80.9 Å². The van der Waals surface area contributed by atoms with Crippen LogP contribution >= 0.6 is 0 Å². The number of rotatable bonds is 14. The lowest BCUT2D eigenvalue weighted by Crippen LogP contribution is -2.59. The Bertz CT molecular complexity index is 905. The first kappa shape index (κ1) is 29.3. The summed E-state index contributed by atoms with van der Waals surface area (Å²) in [6, 6.07) is 0.859. The molecule has 0 saturated carbocycles. The number of phenols is 1. The average molecular weight is 497 g/mol. The van der Waals surface area contributed by atoms with Gasteiger partial charge in [-0.25, -0.2) is 4.79 Å². The number of aromatic hydroxyl groups is 1. The average Bonchev–Trinajstić information content (AvgIpc) is 2.78. The van der Waals surface area contributed by atoms with Crippen LogP contribution in [0.3, 0.4) is 0 Å². The van der Waals surface area contributed by atoms with Crippen molar-refractivity contribution in [2.75, 3.05) is 6.61 Å². The zero-order valence-corrected chi connectivity index (χ0v) is 19.4. The molecular formula is C22H32N4O9. The number of nitrogens with two attached hydrogens (primary N) is 1. The molecule has 35 heavy (non-hydrogen) atoms. The molecule has 1 aromatic rings. The second-order valence-corrected chi connectivity index (χ2v) is 8.28. The molecule has 4 atom stereocenters. The molecule has 0 fully saturated rings. The van der Waals surface area contributed by atoms with Crippen LogP contribution in [0.2, 0.25) is 0 Å². The third-order valence-corrected chi connectivity index (χ3v) is 5.05. The maximum atomic E-state index is 12.8. The molecule has 0 aliphatic heterocycles. The van der Waals surface area contributed by atoms with E-state index < -0.39 is 79.2 Å². The summed E-state index contributed by atoms with van der Waals surface area (Å²) in [6.45, 7) is 2.40. The predicted octanol–water partition coefficient (Wildman–Crippen LogP) is -1.69. The Hall–Kier alpha value is -3.71. The highest BCUT2D eigenvalue weighted by atomic mass is 16.4. The molecule has 194 valence electrons. The zero-order valence-electron chi connectivity index (χ0n) is 19.4. The molecule has 0 bridgehead atoms. The normalized spacial score (nSPS) is 14.3. The standard InChI is InChI=1S/C22H32N4O9/c1-11(2)18(26-19(31)14(23)9-12-3-5-13(28)6-4-12)21(33)25-16(10-27)20(32)24-15(22(34)35)7-8-17(29)30/h3-6,11,14-16,18,27-28H,7-10,23H2,1-2H3,(H,24,32)(H,25,33)(H,26,31)(H,29,30)(H,34,35). The van der Waals surface area contributed by atoms with Gasteiger partial charge in [-0.3, -0.25) is 19.2 Å². The number of nitrogens with one attached hydrogen (secondary N) is 3. The molecule has 0 aliphatic carbocycles. The van der Waals surface area contributed by atoms with E-state index >= 15 is 0 Å². The Balaban J connectivity index is 2.80. The van der Waals surface area contributed by atoms with Gasteiger partial charge in [0, 0.05) is 6.42 Å². The highest BCUT2D eigenvalue weighted by Gasteiger charge is 2.31. The van der Waals surface area contributed by atoms with E-state index in [0.717, 1.165) is 0 Å². The Morgan fingerprint density at radius 3 is 1.94 bits per heavy atom. The molecule has 0 heterocycles. The minimum atomic E-state index is -1.54. The summed E-state index contributed by atoms with van der Waals surface area (Å²) >= 11 is 0. The maximum absolute atomic E-state index is 12.8. The fraction of sp³-hybridized carbons (Fsp3) is 0.500. The van der Waals surface area contributed by atoms with Gasteiger partial charge in [-0.2, -0.15) is 0 Å². The van der Waals surface area contributed by atoms with Crippen molar-refractivity contribution in [3.8, 4) is 5.75 Å². The van der Waals surface area contributed by atoms with Crippen molar-refractivity contribution >= 4 is 29.7 Å². The van der Waals surface area contributed by atoms with Gasteiger partial charge >= 0.3 is 11.9 Å². The summed E-state index contributed by atoms with van der Waals surface area (Å²) in [5.41, 5.74) is 6.62. The molecule has 0 aliphatic rings. The number of carbonyl (C=O) groups is 5. The number of aliphatic hydroxyl groups is 1. The van der Waals surface area contributed by atoms with Crippen molar-refractivity contribution in [2.45, 2.75) is 57.3 Å². The van der Waals surface area contributed by atoms with Gasteiger partial charge < -0.3 is 42.1 Å². The van der Waals surface area contributed by atoms with E-state index in [9.17, 15) is 39.3 Å². The zero-order chi connectivity index (χ0) is 26.7. The van der Waals surface area contributed by atoms with Gasteiger partial charge in [0.1, 0.15) is 23.9 Å². The largest absolute Gasteiger partial charge is 0.508 e. The summed E-state index contributed by atoms with van der Waals surface area (Å²) in [7, 11) is 0. The smallest absolute Gasteiger partial charge is 0.326 e. The summed E-state index contributed by atoms with van der Waals surface area (Å²) in [6.07, 6.45) is -0.779. The van der Waals surface area contributed by atoms with Gasteiger partial charge in [-0.05, 0) is 36.5 Å². The molecule has 0 radical (unpaired) electrons. The number of aliphatic carboxylic acids is 2. The molecule has 13 nitrogen and oxygen atoms in total. The molecule has 0 spiro atoms. The van der Waals surface area contributed by atoms with Crippen LogP contribution < -0.4 is 21.7 Å². The SMILES string of the molecule is CC(C)C(NC(=O)C(N)Cc1ccc(O)cc1)C(=O)NC(CO)C(=O)NC(CCC(=O)O)C(=O)O. The topological polar surface area (TPSA) is 228 Å². The Morgan fingerprint density at radius 1 is 0.886 bits per heavy atom. The fourth-order valence-electron chi connectivity index (χ4n) is 3.03. The van der Waals surface area contributed by atoms with Crippen LogP contribution in [0.1, 0.15) is 32.3 Å². The van der Waals surface area contributed by atoms with Crippen LogP contribution in [0, 0.1) is 5.92 Å². The quantitative estimate of drug-likeness (QED) is 0.146. The third-order valence-electron chi connectivity index (χ3n) is 5.05. The van der Waals surface area contributed by atoms with Crippen molar-refractivity contribution in [1.29, 1.82) is 0 Å². The highest BCUT2D eigenvalue weighted by molar-refractivity contribution is 5.94. The minimum absolute atomic E-state index is 0.0577. The molecule has 4 unspecified atom stereocenters. The summed E-state index contributed by atoms with van der Waals surface area (Å²) in [4.78, 5) is 59.7. The van der Waals surface area contributed by atoms with Gasteiger partial charge in [-0.15, -0.1) is 0 Å². The lowest BCUT2D eigenvalue weighted by molar-refractivity contribution is -0.143. The van der Waals surface area contributed by atoms with Crippen LogP contribution in [-0.2, 0) is 30.4 Å². The van der Waals surface area contributed by atoms with E-state index in [1.165, 1.54) is 12.1 Å². The number of carboxylic acids is 2. The molecule has 9 N–H and O–H groups in total. The molecule has 1 rings (SSSR count). The molecular weight excluding hydrogens is 464 g/mol. The number of aliphatic hydroxyl groups excluding tert-OH is 1. The summed E-state index contributed by atoms with van der Waals surface area (Å²) < 4.78 is 0. The van der Waals surface area contributed by atoms with Crippen LogP contribution in [0.25, 0.3) is 0 Å². The van der Waals surface area contributed by atoms with E-state index in [-0.39, 0.29) is 12.2 Å². The lowest BCUT2D eigenvalue weighted by Gasteiger charge is -2.26. The number of phenolic OH excluding ortho intramolecular Hbond substituents is 1. The molecule has 0 saturated heterocycles. The van der Waals surface area contributed by atoms with Crippen LogP contribution in [0.15, 0.2) is 24.3 Å². The van der Waals surface area contributed by atoms with E-state index in [1.54, 1.807) is 26.0 Å². The van der Waals surface area contributed by atoms with Gasteiger partial charge in [-0.1, -0.05) is 26.0 Å². The number of carboxylic acid groups (broad SMARTS) is 2. The second kappa shape index (κ2) is 13.9. The maximum Gasteiger partial charge on any atom is 0.326 e. The first-order valence-electron chi connectivity index (χ1n) is 10.9. The van der Waals surface area contributed by atoms with E-state index in [0.29, 0.717) is 5.56 Å². The fourth-order valence-corrected chi connectivity index (χ4v) is 3.03. The van der Waals surface area contributed by atoms with Crippen molar-refractivity contribution in [3.05, 3.63) is 29.8 Å². The third kappa shape index (κ3) is 9.98. The van der Waals surface area contributed by atoms with Crippen LogP contribution in [0.5, 0.6) is 5.75 Å². The van der Waals surface area contributed by atoms with Gasteiger partial charge in [0.2, 0.25) is 17.7 Å². The molecule has 3 amide bonds. The number of hydrogen-bond donors (Lipinski definition) is 8. The van der Waals surface area contributed by atoms with Crippen molar-refractivity contribution in [3.63, 3.8) is 0 Å². The predicted molar refractivity (Wildman–Crippen MR) is 122 cm³/mol. The number of amides is 3. The van der Waals surface area contributed by atoms with Crippen molar-refractivity contribution < 1.29 is 44.4 Å². The number of carbonyl (C=O) groups excluding carboxylic acids is 3.